The number of phenolic OH excluding ortho intramolecular Hbond substituents is 1. The molecule has 2 aromatic rings. The van der Waals surface area contributed by atoms with Crippen molar-refractivity contribution in [2.45, 2.75) is 26.2 Å². The Morgan fingerprint density at radius 3 is 2.12 bits per heavy atom. The van der Waals surface area contributed by atoms with Gasteiger partial charge in [0.25, 0.3) is 0 Å². The number of phenols is 1. The van der Waals surface area contributed by atoms with E-state index in [4.69, 9.17) is 0 Å². The van der Waals surface area contributed by atoms with Crippen LogP contribution < -0.4 is 0 Å². The molecule has 1 atom stereocenters. The molecule has 0 spiro atoms. The standard InChI is InChI=1S/C16H18O/c1-12-3-5-14(6-4-12)11-13(2)15-7-9-16(17)10-8-15/h3-10,13,17H,11H2,1-2H3. The fourth-order valence-corrected chi connectivity index (χ4v) is 2.00. The van der Waals surface area contributed by atoms with Crippen LogP contribution in [-0.2, 0) is 6.42 Å². The van der Waals surface area contributed by atoms with Gasteiger partial charge in [0.1, 0.15) is 5.75 Å². The topological polar surface area (TPSA) is 20.2 Å². The summed E-state index contributed by atoms with van der Waals surface area (Å²) in [6.07, 6.45) is 1.03. The van der Waals surface area contributed by atoms with Crippen molar-refractivity contribution in [3.8, 4) is 5.75 Å². The molecule has 0 saturated carbocycles. The maximum absolute atomic E-state index is 9.26. The predicted molar refractivity (Wildman–Crippen MR) is 71.4 cm³/mol. The Labute approximate surface area is 103 Å². The Kier molecular flexibility index (Phi) is 3.48. The van der Waals surface area contributed by atoms with Gasteiger partial charge >= 0.3 is 0 Å². The SMILES string of the molecule is Cc1ccc(CC(C)c2ccc(O)cc2)cc1. The quantitative estimate of drug-likeness (QED) is 0.837. The third-order valence-electron chi connectivity index (χ3n) is 3.12. The molecule has 0 bridgehead atoms. The largest absolute Gasteiger partial charge is 0.508 e. The molecule has 0 aliphatic rings. The molecule has 1 nitrogen and oxygen atoms in total. The highest BCUT2D eigenvalue weighted by molar-refractivity contribution is 5.30. The van der Waals surface area contributed by atoms with Crippen molar-refractivity contribution in [2.75, 3.05) is 0 Å². The van der Waals surface area contributed by atoms with Gasteiger partial charge in [-0.05, 0) is 42.5 Å². The number of rotatable bonds is 3. The van der Waals surface area contributed by atoms with Crippen LogP contribution in [0.2, 0.25) is 0 Å². The minimum atomic E-state index is 0.330. The monoisotopic (exact) mass is 226 g/mol. The summed E-state index contributed by atoms with van der Waals surface area (Å²) >= 11 is 0. The van der Waals surface area contributed by atoms with Crippen LogP contribution >= 0.6 is 0 Å². The molecule has 0 amide bonds. The van der Waals surface area contributed by atoms with E-state index < -0.39 is 0 Å². The minimum Gasteiger partial charge on any atom is -0.508 e. The fraction of sp³-hybridized carbons (Fsp3) is 0.250. The maximum atomic E-state index is 9.26. The average molecular weight is 226 g/mol. The first kappa shape index (κ1) is 11.7. The second kappa shape index (κ2) is 5.05. The number of aryl methyl sites for hydroxylation is 1. The Bertz CT molecular complexity index is 468. The molecule has 0 radical (unpaired) electrons. The number of benzene rings is 2. The summed E-state index contributed by atoms with van der Waals surface area (Å²) in [6.45, 7) is 4.32. The van der Waals surface area contributed by atoms with Crippen LogP contribution in [0.1, 0.15) is 29.5 Å². The van der Waals surface area contributed by atoms with Gasteiger partial charge in [-0.15, -0.1) is 0 Å². The zero-order valence-corrected chi connectivity index (χ0v) is 10.4. The lowest BCUT2D eigenvalue weighted by molar-refractivity contribution is 0.475. The van der Waals surface area contributed by atoms with E-state index in [0.717, 1.165) is 6.42 Å². The van der Waals surface area contributed by atoms with Crippen molar-refractivity contribution in [3.63, 3.8) is 0 Å². The average Bonchev–Trinajstić information content (AvgIpc) is 2.33. The van der Waals surface area contributed by atoms with Crippen LogP contribution in [0.3, 0.4) is 0 Å². The van der Waals surface area contributed by atoms with Crippen LogP contribution in [0, 0.1) is 6.92 Å². The van der Waals surface area contributed by atoms with Crippen LogP contribution in [-0.4, -0.2) is 5.11 Å². The third-order valence-corrected chi connectivity index (χ3v) is 3.12. The molecule has 2 rings (SSSR count). The van der Waals surface area contributed by atoms with E-state index in [9.17, 15) is 5.11 Å². The van der Waals surface area contributed by atoms with E-state index in [2.05, 4.69) is 38.1 Å². The Morgan fingerprint density at radius 1 is 0.941 bits per heavy atom. The zero-order valence-electron chi connectivity index (χ0n) is 10.4. The molecule has 0 aliphatic carbocycles. The molecule has 0 fully saturated rings. The summed E-state index contributed by atoms with van der Waals surface area (Å²) in [5.74, 6) is 0.801. The first-order valence-corrected chi connectivity index (χ1v) is 5.99. The van der Waals surface area contributed by atoms with E-state index in [1.54, 1.807) is 12.1 Å². The summed E-state index contributed by atoms with van der Waals surface area (Å²) in [5.41, 5.74) is 3.92. The minimum absolute atomic E-state index is 0.330. The molecule has 1 heteroatoms. The van der Waals surface area contributed by atoms with E-state index in [-0.39, 0.29) is 0 Å². The lowest BCUT2D eigenvalue weighted by Gasteiger charge is -2.12. The lowest BCUT2D eigenvalue weighted by atomic mass is 9.93. The second-order valence-corrected chi connectivity index (χ2v) is 4.68. The van der Waals surface area contributed by atoms with Gasteiger partial charge in [0.2, 0.25) is 0 Å². The van der Waals surface area contributed by atoms with Gasteiger partial charge < -0.3 is 5.11 Å². The van der Waals surface area contributed by atoms with Crippen molar-refractivity contribution < 1.29 is 5.11 Å². The molecule has 1 N–H and O–H groups in total. The van der Waals surface area contributed by atoms with Gasteiger partial charge in [-0.3, -0.25) is 0 Å². The number of aromatic hydroxyl groups is 1. The third kappa shape index (κ3) is 3.10. The molecule has 88 valence electrons. The summed E-state index contributed by atoms with van der Waals surface area (Å²) in [7, 11) is 0. The van der Waals surface area contributed by atoms with E-state index in [1.165, 1.54) is 16.7 Å². The van der Waals surface area contributed by atoms with Gasteiger partial charge in [-0.2, -0.15) is 0 Å². The molecule has 0 heterocycles. The number of hydrogen-bond acceptors (Lipinski definition) is 1. The molecule has 0 aliphatic heterocycles. The summed E-state index contributed by atoms with van der Waals surface area (Å²) in [5, 5.41) is 9.26. The lowest BCUT2D eigenvalue weighted by Crippen LogP contribution is -1.98. The second-order valence-electron chi connectivity index (χ2n) is 4.68. The van der Waals surface area contributed by atoms with Crippen LogP contribution in [0.4, 0.5) is 0 Å². The Balaban J connectivity index is 2.08. The number of hydrogen-bond donors (Lipinski definition) is 1. The first-order chi connectivity index (χ1) is 8.15. The van der Waals surface area contributed by atoms with E-state index >= 15 is 0 Å². The molecular weight excluding hydrogens is 208 g/mol. The summed E-state index contributed by atoms with van der Waals surface area (Å²) in [6, 6.07) is 16.2. The zero-order chi connectivity index (χ0) is 12.3. The Morgan fingerprint density at radius 2 is 1.53 bits per heavy atom. The maximum Gasteiger partial charge on any atom is 0.115 e. The van der Waals surface area contributed by atoms with Gasteiger partial charge in [0.15, 0.2) is 0 Å². The van der Waals surface area contributed by atoms with Crippen molar-refractivity contribution in [1.82, 2.24) is 0 Å². The van der Waals surface area contributed by atoms with Gasteiger partial charge in [0.05, 0.1) is 0 Å². The van der Waals surface area contributed by atoms with Crippen LogP contribution in [0.15, 0.2) is 48.5 Å². The Hall–Kier alpha value is -1.76. The van der Waals surface area contributed by atoms with Gasteiger partial charge in [0, 0.05) is 0 Å². The molecule has 1 unspecified atom stereocenters. The van der Waals surface area contributed by atoms with Crippen LogP contribution in [0.5, 0.6) is 5.75 Å². The highest BCUT2D eigenvalue weighted by Gasteiger charge is 2.06. The highest BCUT2D eigenvalue weighted by Crippen LogP contribution is 2.22. The predicted octanol–water partition coefficient (Wildman–Crippen LogP) is 4.05. The van der Waals surface area contributed by atoms with E-state index in [0.29, 0.717) is 11.7 Å². The summed E-state index contributed by atoms with van der Waals surface area (Å²) in [4.78, 5) is 0. The van der Waals surface area contributed by atoms with Crippen molar-refractivity contribution in [2.24, 2.45) is 0 Å². The first-order valence-electron chi connectivity index (χ1n) is 5.99. The molecular formula is C16H18O. The van der Waals surface area contributed by atoms with Crippen molar-refractivity contribution in [3.05, 3.63) is 65.2 Å². The van der Waals surface area contributed by atoms with Gasteiger partial charge in [-0.1, -0.05) is 48.9 Å². The molecule has 17 heavy (non-hydrogen) atoms. The normalized spacial score (nSPS) is 12.4. The van der Waals surface area contributed by atoms with E-state index in [1.807, 2.05) is 12.1 Å². The molecule has 2 aromatic carbocycles. The fourth-order valence-electron chi connectivity index (χ4n) is 2.00. The highest BCUT2D eigenvalue weighted by atomic mass is 16.3. The van der Waals surface area contributed by atoms with Crippen molar-refractivity contribution >= 4 is 0 Å². The smallest absolute Gasteiger partial charge is 0.115 e. The van der Waals surface area contributed by atoms with Crippen molar-refractivity contribution in [1.29, 1.82) is 0 Å². The van der Waals surface area contributed by atoms with Crippen LogP contribution in [0.25, 0.3) is 0 Å². The molecule has 0 aromatic heterocycles. The summed E-state index contributed by atoms with van der Waals surface area (Å²) < 4.78 is 0. The molecule has 0 saturated heterocycles. The van der Waals surface area contributed by atoms with Gasteiger partial charge in [-0.25, -0.2) is 0 Å².